The van der Waals surface area contributed by atoms with Gasteiger partial charge >= 0.3 is 0 Å². The summed E-state index contributed by atoms with van der Waals surface area (Å²) in [6, 6.07) is 14.5. The summed E-state index contributed by atoms with van der Waals surface area (Å²) in [4.78, 5) is 11.6. The van der Waals surface area contributed by atoms with Crippen molar-refractivity contribution in [2.75, 3.05) is 24.5 Å². The zero-order valence-electron chi connectivity index (χ0n) is 14.9. The number of pyridine rings is 1. The Hall–Kier alpha value is -2.46. The standard InChI is InChI=1S/C22H24N4/c1-4-18(13-23-9-1)22-17(3-2-10-24-22)11-16-5-7-20(8-6-16)26-15-19-12-21(26)14-25-19/h1,4-9,11,13,19,21,25H,2-3,10,12,14-15H2/b17-11+/t19?,21-/m0/s1. The Labute approximate surface area is 154 Å². The van der Waals surface area contributed by atoms with E-state index in [9.17, 15) is 0 Å². The summed E-state index contributed by atoms with van der Waals surface area (Å²) in [6.45, 7) is 3.18. The van der Waals surface area contributed by atoms with E-state index >= 15 is 0 Å². The number of fused-ring (bicyclic) bond motifs is 2. The van der Waals surface area contributed by atoms with Crippen molar-refractivity contribution in [2.45, 2.75) is 31.3 Å². The van der Waals surface area contributed by atoms with Crippen LogP contribution in [-0.4, -0.2) is 42.4 Å². The second-order valence-electron chi connectivity index (χ2n) is 7.48. The van der Waals surface area contributed by atoms with E-state index in [1.54, 1.807) is 0 Å². The summed E-state index contributed by atoms with van der Waals surface area (Å²) in [5.41, 5.74) is 6.16. The van der Waals surface area contributed by atoms with E-state index in [0.717, 1.165) is 43.8 Å². The molecule has 1 N–H and O–H groups in total. The summed E-state index contributed by atoms with van der Waals surface area (Å²) in [5.74, 6) is 0. The van der Waals surface area contributed by atoms with E-state index in [-0.39, 0.29) is 0 Å². The maximum atomic E-state index is 4.78. The number of hydrogen-bond donors (Lipinski definition) is 1. The highest BCUT2D eigenvalue weighted by Crippen LogP contribution is 2.30. The van der Waals surface area contributed by atoms with E-state index in [1.807, 2.05) is 18.5 Å². The molecule has 1 aromatic carbocycles. The molecule has 0 amide bonds. The highest BCUT2D eigenvalue weighted by Gasteiger charge is 2.37. The van der Waals surface area contributed by atoms with Crippen LogP contribution in [-0.2, 0) is 0 Å². The summed E-state index contributed by atoms with van der Waals surface area (Å²) in [6.07, 6.45) is 9.52. The number of piperazine rings is 1. The molecule has 0 saturated carbocycles. The second-order valence-corrected chi connectivity index (χ2v) is 7.48. The number of nitrogens with zero attached hydrogens (tertiary/aromatic N) is 3. The van der Waals surface area contributed by atoms with Crippen LogP contribution >= 0.6 is 0 Å². The number of benzene rings is 1. The van der Waals surface area contributed by atoms with Crippen LogP contribution < -0.4 is 10.2 Å². The van der Waals surface area contributed by atoms with Crippen LogP contribution in [0.25, 0.3) is 6.08 Å². The van der Waals surface area contributed by atoms with Crippen molar-refractivity contribution in [3.05, 3.63) is 65.5 Å². The van der Waals surface area contributed by atoms with Crippen molar-refractivity contribution in [2.24, 2.45) is 4.99 Å². The molecule has 4 heterocycles. The first-order chi connectivity index (χ1) is 12.9. The van der Waals surface area contributed by atoms with Crippen LogP contribution in [0.15, 0.2) is 59.4 Å². The second kappa shape index (κ2) is 6.69. The molecule has 1 aromatic heterocycles. The molecule has 2 bridgehead atoms. The lowest BCUT2D eigenvalue weighted by molar-refractivity contribution is 0.580. The predicted octanol–water partition coefficient (Wildman–Crippen LogP) is 3.30. The van der Waals surface area contributed by atoms with Gasteiger partial charge in [0, 0.05) is 55.4 Å². The lowest BCUT2D eigenvalue weighted by Crippen LogP contribution is -2.43. The third-order valence-electron chi connectivity index (χ3n) is 5.74. The Balaban J connectivity index is 1.39. The number of aromatic nitrogens is 1. The van der Waals surface area contributed by atoms with E-state index < -0.39 is 0 Å². The van der Waals surface area contributed by atoms with E-state index in [2.05, 4.69) is 51.6 Å². The van der Waals surface area contributed by atoms with E-state index in [4.69, 9.17) is 4.99 Å². The van der Waals surface area contributed by atoms with Gasteiger partial charge in [0.25, 0.3) is 0 Å². The molecule has 0 spiro atoms. The van der Waals surface area contributed by atoms with Crippen LogP contribution in [0.3, 0.4) is 0 Å². The van der Waals surface area contributed by atoms with Gasteiger partial charge in [-0.2, -0.15) is 0 Å². The average Bonchev–Trinajstić information content (AvgIpc) is 3.33. The molecule has 2 fully saturated rings. The molecule has 1 unspecified atom stereocenters. The zero-order valence-corrected chi connectivity index (χ0v) is 14.9. The quantitative estimate of drug-likeness (QED) is 0.929. The third kappa shape index (κ3) is 2.95. The van der Waals surface area contributed by atoms with Gasteiger partial charge in [-0.05, 0) is 60.7 Å². The summed E-state index contributed by atoms with van der Waals surface area (Å²) in [5, 5.41) is 3.57. The number of hydrogen-bond acceptors (Lipinski definition) is 4. The lowest BCUT2D eigenvalue weighted by Gasteiger charge is -2.29. The summed E-state index contributed by atoms with van der Waals surface area (Å²) in [7, 11) is 0. The molecule has 3 aliphatic rings. The van der Waals surface area contributed by atoms with Crippen LogP contribution in [0.2, 0.25) is 0 Å². The maximum absolute atomic E-state index is 4.78. The Morgan fingerprint density at radius 2 is 2.08 bits per heavy atom. The van der Waals surface area contributed by atoms with Gasteiger partial charge in [0.15, 0.2) is 0 Å². The molecule has 2 saturated heterocycles. The van der Waals surface area contributed by atoms with Crippen LogP contribution in [0.5, 0.6) is 0 Å². The van der Waals surface area contributed by atoms with Gasteiger partial charge in [-0.1, -0.05) is 12.1 Å². The Bertz CT molecular complexity index is 838. The van der Waals surface area contributed by atoms with E-state index in [0.29, 0.717) is 12.1 Å². The van der Waals surface area contributed by atoms with Gasteiger partial charge in [0.1, 0.15) is 0 Å². The summed E-state index contributed by atoms with van der Waals surface area (Å²) < 4.78 is 0. The van der Waals surface area contributed by atoms with Crippen molar-refractivity contribution < 1.29 is 0 Å². The molecule has 26 heavy (non-hydrogen) atoms. The molecule has 132 valence electrons. The smallest absolute Gasteiger partial charge is 0.0694 e. The molecule has 0 radical (unpaired) electrons. The number of nitrogens with one attached hydrogen (secondary N) is 1. The zero-order chi connectivity index (χ0) is 17.3. The molecular formula is C22H24N4. The maximum Gasteiger partial charge on any atom is 0.0694 e. The third-order valence-corrected chi connectivity index (χ3v) is 5.74. The van der Waals surface area contributed by atoms with Crippen molar-refractivity contribution in [3.8, 4) is 0 Å². The summed E-state index contributed by atoms with van der Waals surface area (Å²) >= 11 is 0. The number of anilines is 1. The normalized spacial score (nSPS) is 26.4. The monoisotopic (exact) mass is 344 g/mol. The molecule has 5 rings (SSSR count). The fourth-order valence-electron chi connectivity index (χ4n) is 4.44. The molecule has 2 aromatic rings. The van der Waals surface area contributed by atoms with Crippen LogP contribution in [0.1, 0.15) is 30.4 Å². The van der Waals surface area contributed by atoms with Gasteiger partial charge in [-0.15, -0.1) is 0 Å². The molecule has 4 heteroatoms. The Kier molecular flexibility index (Phi) is 4.06. The van der Waals surface area contributed by atoms with Crippen molar-refractivity contribution >= 4 is 17.5 Å². The first-order valence-electron chi connectivity index (χ1n) is 9.63. The molecule has 2 atom stereocenters. The number of aliphatic imine (C=N–C) groups is 1. The molecule has 0 aliphatic carbocycles. The highest BCUT2D eigenvalue weighted by molar-refractivity contribution is 6.15. The van der Waals surface area contributed by atoms with Gasteiger partial charge in [-0.25, -0.2) is 0 Å². The lowest BCUT2D eigenvalue weighted by atomic mass is 9.95. The molecule has 3 aliphatic heterocycles. The van der Waals surface area contributed by atoms with Gasteiger partial charge < -0.3 is 10.2 Å². The van der Waals surface area contributed by atoms with Gasteiger partial charge in [0.05, 0.1) is 5.71 Å². The van der Waals surface area contributed by atoms with Gasteiger partial charge in [-0.3, -0.25) is 9.98 Å². The minimum Gasteiger partial charge on any atom is -0.366 e. The van der Waals surface area contributed by atoms with Crippen molar-refractivity contribution in [1.82, 2.24) is 10.3 Å². The molecule has 4 nitrogen and oxygen atoms in total. The van der Waals surface area contributed by atoms with Crippen molar-refractivity contribution in [3.63, 3.8) is 0 Å². The first-order valence-corrected chi connectivity index (χ1v) is 9.63. The first kappa shape index (κ1) is 15.8. The van der Waals surface area contributed by atoms with E-state index in [1.165, 1.54) is 23.2 Å². The minimum absolute atomic E-state index is 0.673. The fraction of sp³-hybridized carbons (Fsp3) is 0.364. The topological polar surface area (TPSA) is 40.5 Å². The van der Waals surface area contributed by atoms with Crippen LogP contribution in [0, 0.1) is 0 Å². The average molecular weight is 344 g/mol. The Morgan fingerprint density at radius 3 is 2.81 bits per heavy atom. The minimum atomic E-state index is 0.673. The predicted molar refractivity (Wildman–Crippen MR) is 107 cm³/mol. The molecular weight excluding hydrogens is 320 g/mol. The highest BCUT2D eigenvalue weighted by atomic mass is 15.3. The van der Waals surface area contributed by atoms with Crippen LogP contribution in [0.4, 0.5) is 5.69 Å². The Morgan fingerprint density at radius 1 is 1.15 bits per heavy atom. The SMILES string of the molecule is C(=C1/CCCN=C1c1cccnc1)/c1ccc(N2CC3C[C@H]2CN3)cc1. The number of rotatable bonds is 3. The fourth-order valence-corrected chi connectivity index (χ4v) is 4.44. The largest absolute Gasteiger partial charge is 0.366 e. The van der Waals surface area contributed by atoms with Crippen molar-refractivity contribution in [1.29, 1.82) is 0 Å². The van der Waals surface area contributed by atoms with Gasteiger partial charge in [0.2, 0.25) is 0 Å². The number of allylic oxidation sites excluding steroid dienone is 1.